The van der Waals surface area contributed by atoms with Crippen molar-refractivity contribution in [2.75, 3.05) is 40.0 Å². The predicted molar refractivity (Wildman–Crippen MR) is 50.9 cm³/mol. The third kappa shape index (κ3) is 8.27. The molecule has 74 valence electrons. The van der Waals surface area contributed by atoms with Gasteiger partial charge in [-0.3, -0.25) is 0 Å². The minimum atomic E-state index is 0.0524. The lowest BCUT2D eigenvalue weighted by molar-refractivity contribution is 0.148. The molecule has 0 spiro atoms. The van der Waals surface area contributed by atoms with E-state index in [9.17, 15) is 0 Å². The van der Waals surface area contributed by atoms with E-state index in [2.05, 4.69) is 5.32 Å². The number of hydrogen-bond acceptors (Lipinski definition) is 3. The maximum atomic E-state index is 5.87. The van der Waals surface area contributed by atoms with Crippen LogP contribution in [0.1, 0.15) is 6.92 Å². The van der Waals surface area contributed by atoms with Crippen LogP contribution >= 0.6 is 11.6 Å². The largest absolute Gasteiger partial charge is 0.383 e. The van der Waals surface area contributed by atoms with Gasteiger partial charge in [-0.25, -0.2) is 0 Å². The van der Waals surface area contributed by atoms with Gasteiger partial charge in [0.2, 0.25) is 0 Å². The molecule has 0 aromatic rings. The fourth-order valence-electron chi connectivity index (χ4n) is 0.787. The third-order valence-electron chi connectivity index (χ3n) is 1.34. The highest BCUT2D eigenvalue weighted by molar-refractivity contribution is 6.20. The molecule has 1 N–H and O–H groups in total. The molecular weight excluding hydrogens is 178 g/mol. The van der Waals surface area contributed by atoms with Crippen LogP contribution in [0.25, 0.3) is 0 Å². The minimum absolute atomic E-state index is 0.0524. The normalized spacial score (nSPS) is 13.2. The molecular formula is C8H18ClNO2. The summed E-state index contributed by atoms with van der Waals surface area (Å²) in [7, 11) is 1.65. The zero-order chi connectivity index (χ0) is 9.23. The zero-order valence-corrected chi connectivity index (χ0v) is 8.56. The van der Waals surface area contributed by atoms with Crippen LogP contribution in [0.15, 0.2) is 0 Å². The van der Waals surface area contributed by atoms with Gasteiger partial charge in [-0.05, 0) is 6.92 Å². The first kappa shape index (κ1) is 12.2. The number of methoxy groups -OCH3 is 1. The Morgan fingerprint density at radius 1 is 1.50 bits per heavy atom. The van der Waals surface area contributed by atoms with Gasteiger partial charge >= 0.3 is 0 Å². The molecule has 0 saturated carbocycles. The van der Waals surface area contributed by atoms with Crippen molar-refractivity contribution in [2.45, 2.75) is 12.3 Å². The Morgan fingerprint density at radius 2 is 2.25 bits per heavy atom. The van der Waals surface area contributed by atoms with Crippen LogP contribution in [0.2, 0.25) is 0 Å². The van der Waals surface area contributed by atoms with Crippen molar-refractivity contribution >= 4 is 11.6 Å². The highest BCUT2D eigenvalue weighted by Gasteiger charge is 2.01. The van der Waals surface area contributed by atoms with Crippen LogP contribution in [-0.2, 0) is 9.47 Å². The molecule has 0 rings (SSSR count). The van der Waals surface area contributed by atoms with E-state index < -0.39 is 0 Å². The van der Waals surface area contributed by atoms with Crippen LogP contribution in [0.5, 0.6) is 0 Å². The summed E-state index contributed by atoms with van der Waals surface area (Å²) < 4.78 is 10.0. The van der Waals surface area contributed by atoms with Gasteiger partial charge in [-0.1, -0.05) is 0 Å². The molecule has 0 saturated heterocycles. The first-order chi connectivity index (χ1) is 5.81. The van der Waals surface area contributed by atoms with Gasteiger partial charge in [-0.15, -0.1) is 11.6 Å². The molecule has 0 bridgehead atoms. The van der Waals surface area contributed by atoms with E-state index in [0.29, 0.717) is 6.61 Å². The van der Waals surface area contributed by atoms with Gasteiger partial charge in [0.1, 0.15) is 0 Å². The first-order valence-electron chi connectivity index (χ1n) is 4.22. The fraction of sp³-hybridized carbons (Fsp3) is 1.00. The van der Waals surface area contributed by atoms with Crippen LogP contribution < -0.4 is 5.32 Å². The van der Waals surface area contributed by atoms with Crippen LogP contribution in [0.3, 0.4) is 0 Å². The monoisotopic (exact) mass is 195 g/mol. The topological polar surface area (TPSA) is 30.5 Å². The Hall–Kier alpha value is 0.170. The average Bonchev–Trinajstić information content (AvgIpc) is 2.05. The summed E-state index contributed by atoms with van der Waals surface area (Å²) in [4.78, 5) is 0. The van der Waals surface area contributed by atoms with Gasteiger partial charge in [0, 0.05) is 26.8 Å². The Kier molecular flexibility index (Phi) is 9.39. The number of nitrogens with one attached hydrogen (secondary N) is 1. The molecule has 3 nitrogen and oxygen atoms in total. The summed E-state index contributed by atoms with van der Waals surface area (Å²) in [5.74, 6) is 0. The number of rotatable bonds is 8. The van der Waals surface area contributed by atoms with Crippen molar-refractivity contribution in [3.8, 4) is 0 Å². The summed E-state index contributed by atoms with van der Waals surface area (Å²) in [5.41, 5.74) is 0. The van der Waals surface area contributed by atoms with Gasteiger partial charge in [0.25, 0.3) is 0 Å². The molecule has 0 aliphatic rings. The van der Waals surface area contributed by atoms with E-state index in [0.717, 1.165) is 26.3 Å². The van der Waals surface area contributed by atoms with Crippen molar-refractivity contribution in [3.63, 3.8) is 0 Å². The molecule has 0 aliphatic carbocycles. The van der Waals surface area contributed by atoms with Gasteiger partial charge in [-0.2, -0.15) is 0 Å². The van der Waals surface area contributed by atoms with E-state index in [1.807, 2.05) is 6.92 Å². The fourth-order valence-corrected chi connectivity index (χ4v) is 1.02. The molecule has 0 aliphatic heterocycles. The van der Waals surface area contributed by atoms with E-state index in [-0.39, 0.29) is 5.38 Å². The molecule has 4 heteroatoms. The minimum Gasteiger partial charge on any atom is -0.383 e. The standard InChI is InChI=1S/C8H18ClNO2/c1-3-12-5-4-10-6-8(9)7-11-2/h8,10H,3-7H2,1-2H3. The zero-order valence-electron chi connectivity index (χ0n) is 7.81. The molecule has 0 aromatic heterocycles. The Balaban J connectivity index is 2.97. The predicted octanol–water partition coefficient (Wildman–Crippen LogP) is 0.866. The summed E-state index contributed by atoms with van der Waals surface area (Å²) in [6, 6.07) is 0. The summed E-state index contributed by atoms with van der Waals surface area (Å²) in [5, 5.41) is 3.22. The lowest BCUT2D eigenvalue weighted by Gasteiger charge is -2.09. The van der Waals surface area contributed by atoms with Crippen LogP contribution in [0, 0.1) is 0 Å². The van der Waals surface area contributed by atoms with Crippen LogP contribution in [0.4, 0.5) is 0 Å². The molecule has 0 fully saturated rings. The smallest absolute Gasteiger partial charge is 0.0693 e. The molecule has 1 atom stereocenters. The van der Waals surface area contributed by atoms with E-state index in [1.54, 1.807) is 7.11 Å². The number of ether oxygens (including phenoxy) is 2. The van der Waals surface area contributed by atoms with Crippen molar-refractivity contribution in [1.29, 1.82) is 0 Å². The first-order valence-corrected chi connectivity index (χ1v) is 4.66. The SMILES string of the molecule is CCOCCNCC(Cl)COC. The number of hydrogen-bond donors (Lipinski definition) is 1. The average molecular weight is 196 g/mol. The quantitative estimate of drug-likeness (QED) is 0.461. The van der Waals surface area contributed by atoms with Crippen molar-refractivity contribution < 1.29 is 9.47 Å². The Labute approximate surface area is 79.4 Å². The Bertz CT molecular complexity index is 93.1. The van der Waals surface area contributed by atoms with Gasteiger partial charge < -0.3 is 14.8 Å². The van der Waals surface area contributed by atoms with Crippen molar-refractivity contribution in [3.05, 3.63) is 0 Å². The molecule has 0 radical (unpaired) electrons. The molecule has 1 unspecified atom stereocenters. The summed E-state index contributed by atoms with van der Waals surface area (Å²) in [6.07, 6.45) is 0. The maximum absolute atomic E-state index is 5.87. The van der Waals surface area contributed by atoms with E-state index >= 15 is 0 Å². The molecule has 12 heavy (non-hydrogen) atoms. The summed E-state index contributed by atoms with van der Waals surface area (Å²) >= 11 is 5.87. The van der Waals surface area contributed by atoms with Gasteiger partial charge in [0.05, 0.1) is 18.6 Å². The summed E-state index contributed by atoms with van der Waals surface area (Å²) in [6.45, 7) is 5.69. The highest BCUT2D eigenvalue weighted by Crippen LogP contribution is 1.92. The second-order valence-electron chi connectivity index (χ2n) is 2.45. The van der Waals surface area contributed by atoms with Gasteiger partial charge in [0.15, 0.2) is 0 Å². The second-order valence-corrected chi connectivity index (χ2v) is 3.07. The highest BCUT2D eigenvalue weighted by atomic mass is 35.5. The lowest BCUT2D eigenvalue weighted by atomic mass is 10.4. The number of halogens is 1. The Morgan fingerprint density at radius 3 is 2.83 bits per heavy atom. The number of alkyl halides is 1. The molecule has 0 heterocycles. The molecule has 0 amide bonds. The van der Waals surface area contributed by atoms with E-state index in [1.165, 1.54) is 0 Å². The van der Waals surface area contributed by atoms with Crippen LogP contribution in [-0.4, -0.2) is 45.4 Å². The third-order valence-corrected chi connectivity index (χ3v) is 1.62. The molecule has 0 aromatic carbocycles. The van der Waals surface area contributed by atoms with E-state index in [4.69, 9.17) is 21.1 Å². The van der Waals surface area contributed by atoms with Crippen molar-refractivity contribution in [1.82, 2.24) is 5.32 Å². The lowest BCUT2D eigenvalue weighted by Crippen LogP contribution is -2.29. The second kappa shape index (κ2) is 9.26. The maximum Gasteiger partial charge on any atom is 0.0693 e. The van der Waals surface area contributed by atoms with Crippen molar-refractivity contribution in [2.24, 2.45) is 0 Å².